The van der Waals surface area contributed by atoms with Crippen LogP contribution < -0.4 is 14.2 Å². The molecule has 48 heavy (non-hydrogen) atoms. The Kier molecular flexibility index (Phi) is 9.43. The van der Waals surface area contributed by atoms with Crippen LogP contribution in [-0.2, 0) is 29.5 Å². The highest BCUT2D eigenvalue weighted by Crippen LogP contribution is 2.33. The monoisotopic (exact) mass is 658 g/mol. The molecule has 0 fully saturated rings. The molecule has 0 radical (unpaired) electrons. The van der Waals surface area contributed by atoms with Crippen molar-refractivity contribution in [1.82, 2.24) is 13.7 Å². The van der Waals surface area contributed by atoms with E-state index in [1.807, 2.05) is 96.4 Å². The van der Waals surface area contributed by atoms with Crippen molar-refractivity contribution in [2.75, 3.05) is 14.2 Å². The molecule has 9 nitrogen and oxygen atoms in total. The summed E-state index contributed by atoms with van der Waals surface area (Å²) in [7, 11) is -0.791. The predicted octanol–water partition coefficient (Wildman–Crippen LogP) is 7.64. The molecule has 4 aromatic carbocycles. The molecule has 0 amide bonds. The Morgan fingerprint density at radius 3 is 1.96 bits per heavy atom. The van der Waals surface area contributed by atoms with E-state index in [0.29, 0.717) is 40.6 Å². The lowest BCUT2D eigenvalue weighted by Gasteiger charge is -2.23. The lowest BCUT2D eigenvalue weighted by atomic mass is 10.1. The van der Waals surface area contributed by atoms with Gasteiger partial charge in [0.05, 0.1) is 36.1 Å². The molecular formula is C38H34N4O5S. The third-order valence-corrected chi connectivity index (χ3v) is 9.79. The van der Waals surface area contributed by atoms with Crippen LogP contribution in [0.3, 0.4) is 0 Å². The molecule has 10 heteroatoms. The molecule has 0 aliphatic carbocycles. The number of fused-ring (bicyclic) bond motifs is 1. The van der Waals surface area contributed by atoms with Crippen LogP contribution in [0.2, 0.25) is 0 Å². The molecule has 2 aromatic heterocycles. The second kappa shape index (κ2) is 14.0. The summed E-state index contributed by atoms with van der Waals surface area (Å²) in [5, 5.41) is 9.61. The molecule has 0 N–H and O–H groups in total. The minimum Gasteiger partial charge on any atom is -0.497 e. The first kappa shape index (κ1) is 32.3. The van der Waals surface area contributed by atoms with E-state index in [1.54, 1.807) is 44.6 Å². The molecule has 242 valence electrons. The smallest absolute Gasteiger partial charge is 0.243 e. The maximum absolute atomic E-state index is 14.2. The normalized spacial score (nSPS) is 11.4. The number of sulfonamides is 1. The van der Waals surface area contributed by atoms with Gasteiger partial charge in [-0.15, -0.1) is 0 Å². The fourth-order valence-corrected chi connectivity index (χ4v) is 6.99. The van der Waals surface area contributed by atoms with E-state index in [2.05, 4.69) is 6.07 Å². The molecule has 0 unspecified atom stereocenters. The largest absolute Gasteiger partial charge is 0.497 e. The van der Waals surface area contributed by atoms with Gasteiger partial charge >= 0.3 is 0 Å². The van der Waals surface area contributed by atoms with Crippen LogP contribution in [0.4, 0.5) is 0 Å². The summed E-state index contributed by atoms with van der Waals surface area (Å²) < 4.78 is 48.7. The summed E-state index contributed by atoms with van der Waals surface area (Å²) in [5.74, 6) is 2.29. The molecule has 0 aliphatic heterocycles. The van der Waals surface area contributed by atoms with Crippen LogP contribution in [0.1, 0.15) is 29.3 Å². The number of rotatable bonds is 12. The molecule has 0 saturated heterocycles. The number of hydrogen-bond acceptors (Lipinski definition) is 7. The highest BCUT2D eigenvalue weighted by Gasteiger charge is 2.26. The molecule has 6 rings (SSSR count). The Balaban J connectivity index is 1.31. The Bertz CT molecular complexity index is 2160. The van der Waals surface area contributed by atoms with Gasteiger partial charge < -0.3 is 14.2 Å². The lowest BCUT2D eigenvalue weighted by molar-refractivity contribution is 0.397. The van der Waals surface area contributed by atoms with Crippen LogP contribution in [0.25, 0.3) is 16.9 Å². The van der Waals surface area contributed by atoms with Crippen molar-refractivity contribution in [2.45, 2.75) is 31.3 Å². The van der Waals surface area contributed by atoms with Crippen molar-refractivity contribution in [2.24, 2.45) is 0 Å². The predicted molar refractivity (Wildman–Crippen MR) is 184 cm³/mol. The van der Waals surface area contributed by atoms with Crippen molar-refractivity contribution in [1.29, 1.82) is 5.26 Å². The summed E-state index contributed by atoms with van der Waals surface area (Å²) in [6, 6.07) is 34.6. The number of imidazole rings is 1. The van der Waals surface area contributed by atoms with Gasteiger partial charge in [0.1, 0.15) is 29.1 Å². The average molecular weight is 659 g/mol. The van der Waals surface area contributed by atoms with E-state index in [9.17, 15) is 13.7 Å². The van der Waals surface area contributed by atoms with Gasteiger partial charge in [0, 0.05) is 30.9 Å². The zero-order chi connectivity index (χ0) is 33.7. The highest BCUT2D eigenvalue weighted by molar-refractivity contribution is 7.89. The van der Waals surface area contributed by atoms with Gasteiger partial charge in [-0.2, -0.15) is 9.57 Å². The number of benzene rings is 4. The second-order valence-corrected chi connectivity index (χ2v) is 13.0. The van der Waals surface area contributed by atoms with Crippen molar-refractivity contribution >= 4 is 15.7 Å². The summed E-state index contributed by atoms with van der Waals surface area (Å²) in [6.45, 7) is 2.33. The number of methoxy groups -OCH3 is 2. The number of hydrogen-bond donors (Lipinski definition) is 0. The SMILES string of the molecule is CCc1nc2c(C#N)cccn2c1-c1cccc(Oc2cccc(S(=O)(=O)N(Cc3ccc(OC)cc3)Cc3ccc(OC)cc3)c2)c1. The quantitative estimate of drug-likeness (QED) is 0.133. The molecular weight excluding hydrogens is 625 g/mol. The fourth-order valence-electron chi connectivity index (χ4n) is 5.54. The minimum absolute atomic E-state index is 0.109. The summed E-state index contributed by atoms with van der Waals surface area (Å²) in [4.78, 5) is 4.85. The van der Waals surface area contributed by atoms with Crippen molar-refractivity contribution in [3.8, 4) is 40.3 Å². The fraction of sp³-hybridized carbons (Fsp3) is 0.158. The van der Waals surface area contributed by atoms with Crippen molar-refractivity contribution in [3.05, 3.63) is 138 Å². The Morgan fingerprint density at radius 1 is 0.771 bits per heavy atom. The lowest BCUT2D eigenvalue weighted by Crippen LogP contribution is -2.30. The zero-order valence-electron chi connectivity index (χ0n) is 26.8. The maximum atomic E-state index is 14.2. The highest BCUT2D eigenvalue weighted by atomic mass is 32.2. The molecule has 0 aliphatic rings. The molecule has 0 atom stereocenters. The molecule has 0 spiro atoms. The first-order valence-corrected chi connectivity index (χ1v) is 16.8. The van der Waals surface area contributed by atoms with E-state index < -0.39 is 10.0 Å². The standard InChI is InChI=1S/C38H34N4O5S/c1-4-36-37(42-21-7-9-30(24-39)38(42)40-36)29-8-5-10-33(22-29)47-34-11-6-12-35(23-34)48(43,44)41(25-27-13-17-31(45-2)18-14-27)26-28-15-19-32(46-3)20-16-28/h5-23H,4,25-26H2,1-3H3. The molecule has 0 saturated carbocycles. The number of aryl methyl sites for hydroxylation is 1. The maximum Gasteiger partial charge on any atom is 0.243 e. The molecule has 6 aromatic rings. The van der Waals surface area contributed by atoms with Gasteiger partial charge in [-0.3, -0.25) is 4.40 Å². The van der Waals surface area contributed by atoms with Crippen LogP contribution in [-0.4, -0.2) is 36.3 Å². The van der Waals surface area contributed by atoms with Gasteiger partial charge in [-0.05, 0) is 78.2 Å². The van der Waals surface area contributed by atoms with Crippen molar-refractivity contribution < 1.29 is 22.6 Å². The van der Waals surface area contributed by atoms with Gasteiger partial charge in [0.25, 0.3) is 0 Å². The van der Waals surface area contributed by atoms with E-state index in [4.69, 9.17) is 19.2 Å². The third-order valence-electron chi connectivity index (χ3n) is 8.00. The minimum atomic E-state index is -3.97. The Morgan fingerprint density at radius 2 is 1.38 bits per heavy atom. The van der Waals surface area contributed by atoms with Crippen LogP contribution in [0.15, 0.2) is 120 Å². The van der Waals surface area contributed by atoms with Crippen LogP contribution in [0, 0.1) is 11.3 Å². The Hall–Kier alpha value is -5.63. The summed E-state index contributed by atoms with van der Waals surface area (Å²) >= 11 is 0. The first-order chi connectivity index (χ1) is 23.3. The molecule has 2 heterocycles. The van der Waals surface area contributed by atoms with E-state index in [1.165, 1.54) is 4.31 Å². The average Bonchev–Trinajstić information content (AvgIpc) is 3.51. The Labute approximate surface area is 280 Å². The first-order valence-electron chi connectivity index (χ1n) is 15.4. The van der Waals surface area contributed by atoms with E-state index in [0.717, 1.165) is 28.1 Å². The van der Waals surface area contributed by atoms with Crippen molar-refractivity contribution in [3.63, 3.8) is 0 Å². The van der Waals surface area contributed by atoms with E-state index >= 15 is 0 Å². The number of aromatic nitrogens is 2. The number of ether oxygens (including phenoxy) is 3. The summed E-state index contributed by atoms with van der Waals surface area (Å²) in [5.41, 5.74) is 5.33. The molecule has 0 bridgehead atoms. The topological polar surface area (TPSA) is 106 Å². The van der Waals surface area contributed by atoms with Gasteiger partial charge in [0.2, 0.25) is 10.0 Å². The van der Waals surface area contributed by atoms with E-state index in [-0.39, 0.29) is 18.0 Å². The van der Waals surface area contributed by atoms with Gasteiger partial charge in [0.15, 0.2) is 5.65 Å². The number of nitriles is 1. The van der Waals surface area contributed by atoms with Gasteiger partial charge in [-0.25, -0.2) is 13.4 Å². The number of pyridine rings is 1. The second-order valence-electron chi connectivity index (χ2n) is 11.1. The number of nitrogens with zero attached hydrogens (tertiary/aromatic N) is 4. The van der Waals surface area contributed by atoms with Crippen LogP contribution in [0.5, 0.6) is 23.0 Å². The zero-order valence-corrected chi connectivity index (χ0v) is 27.6. The van der Waals surface area contributed by atoms with Crippen LogP contribution >= 0.6 is 0 Å². The summed E-state index contributed by atoms with van der Waals surface area (Å²) in [6.07, 6.45) is 2.57. The van der Waals surface area contributed by atoms with Gasteiger partial charge in [-0.1, -0.05) is 49.4 Å². The third kappa shape index (κ3) is 6.74.